The van der Waals surface area contributed by atoms with Crippen LogP contribution in [0.3, 0.4) is 0 Å². The summed E-state index contributed by atoms with van der Waals surface area (Å²) in [5.74, 6) is 1.12. The normalized spacial score (nSPS) is 10.0. The van der Waals surface area contributed by atoms with E-state index in [1.165, 1.54) is 0 Å². The zero-order chi connectivity index (χ0) is 8.10. The molecule has 0 aliphatic heterocycles. The van der Waals surface area contributed by atoms with E-state index in [1.54, 1.807) is 0 Å². The molecule has 3 nitrogen and oxygen atoms in total. The van der Waals surface area contributed by atoms with Gasteiger partial charge in [-0.2, -0.15) is 5.10 Å². The van der Waals surface area contributed by atoms with Crippen LogP contribution in [0.2, 0.25) is 0 Å². The summed E-state index contributed by atoms with van der Waals surface area (Å²) < 4.78 is 1.95. The molecule has 0 saturated carbocycles. The van der Waals surface area contributed by atoms with Gasteiger partial charge in [-0.3, -0.25) is 4.68 Å². The van der Waals surface area contributed by atoms with E-state index in [9.17, 15) is 0 Å². The highest BCUT2D eigenvalue weighted by atomic mass is 15.3. The molecule has 0 atom stereocenters. The molecule has 0 saturated heterocycles. The summed E-state index contributed by atoms with van der Waals surface area (Å²) in [5.41, 5.74) is 0. The highest BCUT2D eigenvalue weighted by molar-refractivity contribution is 5.33. The largest absolute Gasteiger partial charge is 0.370 e. The van der Waals surface area contributed by atoms with Gasteiger partial charge in [0.05, 0.1) is 6.20 Å². The maximum Gasteiger partial charge on any atom is 0.124 e. The van der Waals surface area contributed by atoms with Crippen molar-refractivity contribution >= 4 is 5.82 Å². The lowest BCUT2D eigenvalue weighted by Crippen LogP contribution is -2.07. The topological polar surface area (TPSA) is 29.9 Å². The smallest absolute Gasteiger partial charge is 0.124 e. The van der Waals surface area contributed by atoms with Crippen molar-refractivity contribution in [3.8, 4) is 0 Å². The quantitative estimate of drug-likeness (QED) is 0.713. The molecule has 0 amide bonds. The van der Waals surface area contributed by atoms with Crippen LogP contribution in [0.5, 0.6) is 0 Å². The number of hydrogen-bond donors (Lipinski definition) is 1. The van der Waals surface area contributed by atoms with E-state index in [0.29, 0.717) is 0 Å². The average Bonchev–Trinajstić information content (AvgIpc) is 2.47. The molecule has 3 heteroatoms. The van der Waals surface area contributed by atoms with Crippen LogP contribution in [0, 0.1) is 0 Å². The Morgan fingerprint density at radius 2 is 2.36 bits per heavy atom. The van der Waals surface area contributed by atoms with E-state index in [1.807, 2.05) is 16.9 Å². The third-order valence-corrected chi connectivity index (χ3v) is 1.57. The number of aromatic nitrogens is 2. The number of aryl methyl sites for hydroxylation is 1. The number of nitrogens with one attached hydrogen (secondary N) is 1. The van der Waals surface area contributed by atoms with Crippen LogP contribution in [0.1, 0.15) is 20.3 Å². The first-order valence-electron chi connectivity index (χ1n) is 4.14. The summed E-state index contributed by atoms with van der Waals surface area (Å²) in [6.07, 6.45) is 2.97. The molecule has 0 unspecified atom stereocenters. The Morgan fingerprint density at radius 1 is 1.55 bits per heavy atom. The summed E-state index contributed by atoms with van der Waals surface area (Å²) in [7, 11) is 0. The fourth-order valence-electron chi connectivity index (χ4n) is 0.988. The maximum absolute atomic E-state index is 4.14. The van der Waals surface area contributed by atoms with Crippen LogP contribution in [-0.4, -0.2) is 16.3 Å². The van der Waals surface area contributed by atoms with Gasteiger partial charge in [-0.15, -0.1) is 0 Å². The number of anilines is 1. The molecule has 0 bridgehead atoms. The molecule has 0 aromatic carbocycles. The van der Waals surface area contributed by atoms with Gasteiger partial charge in [-0.1, -0.05) is 6.92 Å². The predicted molar refractivity (Wildman–Crippen MR) is 46.7 cm³/mol. The second-order valence-corrected chi connectivity index (χ2v) is 2.46. The Labute approximate surface area is 67.4 Å². The van der Waals surface area contributed by atoms with Gasteiger partial charge in [-0.05, 0) is 13.3 Å². The second-order valence-electron chi connectivity index (χ2n) is 2.46. The molecule has 11 heavy (non-hydrogen) atoms. The van der Waals surface area contributed by atoms with Crippen molar-refractivity contribution in [2.24, 2.45) is 0 Å². The third-order valence-electron chi connectivity index (χ3n) is 1.57. The Morgan fingerprint density at radius 3 is 3.00 bits per heavy atom. The van der Waals surface area contributed by atoms with E-state index in [2.05, 4.69) is 24.3 Å². The van der Waals surface area contributed by atoms with Gasteiger partial charge >= 0.3 is 0 Å². The van der Waals surface area contributed by atoms with Gasteiger partial charge in [0.25, 0.3) is 0 Å². The van der Waals surface area contributed by atoms with E-state index in [0.717, 1.165) is 25.3 Å². The van der Waals surface area contributed by atoms with Crippen LogP contribution in [-0.2, 0) is 6.54 Å². The van der Waals surface area contributed by atoms with Crippen molar-refractivity contribution in [1.82, 2.24) is 9.78 Å². The summed E-state index contributed by atoms with van der Waals surface area (Å²) in [4.78, 5) is 0. The molecule has 1 heterocycles. The molecule has 62 valence electrons. The summed E-state index contributed by atoms with van der Waals surface area (Å²) in [6.45, 7) is 6.19. The lowest BCUT2D eigenvalue weighted by atomic mass is 10.5. The average molecular weight is 153 g/mol. The minimum atomic E-state index is 0.930. The second kappa shape index (κ2) is 4.01. The van der Waals surface area contributed by atoms with Gasteiger partial charge in [0.1, 0.15) is 5.82 Å². The molecule has 0 fully saturated rings. The van der Waals surface area contributed by atoms with Crippen LogP contribution < -0.4 is 5.32 Å². The maximum atomic E-state index is 4.14. The van der Waals surface area contributed by atoms with Crippen molar-refractivity contribution < 1.29 is 0 Å². The predicted octanol–water partition coefficient (Wildman–Crippen LogP) is 1.72. The van der Waals surface area contributed by atoms with Gasteiger partial charge in [0.15, 0.2) is 0 Å². The first-order valence-corrected chi connectivity index (χ1v) is 4.14. The lowest BCUT2D eigenvalue weighted by molar-refractivity contribution is 0.663. The Bertz CT molecular complexity index is 205. The molecule has 1 rings (SSSR count). The molecule has 0 spiro atoms. The minimum absolute atomic E-state index is 0.930. The highest BCUT2D eigenvalue weighted by Gasteiger charge is 1.96. The molecule has 0 aliphatic rings. The van der Waals surface area contributed by atoms with E-state index in [4.69, 9.17) is 0 Å². The van der Waals surface area contributed by atoms with Gasteiger partial charge in [0, 0.05) is 19.2 Å². The molecule has 1 N–H and O–H groups in total. The van der Waals surface area contributed by atoms with Crippen LogP contribution in [0.4, 0.5) is 5.82 Å². The van der Waals surface area contributed by atoms with Gasteiger partial charge in [-0.25, -0.2) is 0 Å². The van der Waals surface area contributed by atoms with E-state index < -0.39 is 0 Å². The Kier molecular flexibility index (Phi) is 2.95. The summed E-state index contributed by atoms with van der Waals surface area (Å²) in [6, 6.07) is 2.00. The monoisotopic (exact) mass is 153 g/mol. The standard InChI is InChI=1S/C8H15N3/c1-3-6-9-8-5-7-10-11(8)4-2/h5,7,9H,3-4,6H2,1-2H3. The fourth-order valence-corrected chi connectivity index (χ4v) is 0.988. The minimum Gasteiger partial charge on any atom is -0.370 e. The van der Waals surface area contributed by atoms with Crippen molar-refractivity contribution in [1.29, 1.82) is 0 Å². The Hall–Kier alpha value is -0.990. The van der Waals surface area contributed by atoms with Gasteiger partial charge in [0.2, 0.25) is 0 Å². The number of rotatable bonds is 4. The molecule has 0 radical (unpaired) electrons. The van der Waals surface area contributed by atoms with Gasteiger partial charge < -0.3 is 5.32 Å². The van der Waals surface area contributed by atoms with Crippen molar-refractivity contribution in [2.45, 2.75) is 26.8 Å². The van der Waals surface area contributed by atoms with E-state index >= 15 is 0 Å². The molecular weight excluding hydrogens is 138 g/mol. The zero-order valence-electron chi connectivity index (χ0n) is 7.17. The molecule has 1 aromatic rings. The molecule has 1 aromatic heterocycles. The summed E-state index contributed by atoms with van der Waals surface area (Å²) >= 11 is 0. The van der Waals surface area contributed by atoms with Crippen LogP contribution in [0.25, 0.3) is 0 Å². The number of hydrogen-bond acceptors (Lipinski definition) is 2. The molecule has 0 aliphatic carbocycles. The van der Waals surface area contributed by atoms with Crippen LogP contribution in [0.15, 0.2) is 12.3 Å². The fraction of sp³-hybridized carbons (Fsp3) is 0.625. The van der Waals surface area contributed by atoms with Crippen molar-refractivity contribution in [3.63, 3.8) is 0 Å². The van der Waals surface area contributed by atoms with Crippen LogP contribution >= 0.6 is 0 Å². The summed E-state index contributed by atoms with van der Waals surface area (Å²) in [5, 5.41) is 7.44. The molecular formula is C8H15N3. The first kappa shape index (κ1) is 8.11. The van der Waals surface area contributed by atoms with Crippen molar-refractivity contribution in [2.75, 3.05) is 11.9 Å². The highest BCUT2D eigenvalue weighted by Crippen LogP contribution is 2.04. The Balaban J connectivity index is 2.54. The zero-order valence-corrected chi connectivity index (χ0v) is 7.17. The van der Waals surface area contributed by atoms with Crippen molar-refractivity contribution in [3.05, 3.63) is 12.3 Å². The lowest BCUT2D eigenvalue weighted by Gasteiger charge is -2.05. The third kappa shape index (κ3) is 1.97. The number of nitrogens with zero attached hydrogens (tertiary/aromatic N) is 2. The van der Waals surface area contributed by atoms with E-state index in [-0.39, 0.29) is 0 Å². The first-order chi connectivity index (χ1) is 5.38. The SMILES string of the molecule is CCCNc1ccnn1CC.